The van der Waals surface area contributed by atoms with E-state index in [1.54, 1.807) is 42.5 Å². The highest BCUT2D eigenvalue weighted by Gasteiger charge is 2.16. The van der Waals surface area contributed by atoms with Gasteiger partial charge in [-0.1, -0.05) is 18.2 Å². The predicted molar refractivity (Wildman–Crippen MR) is 67.2 cm³/mol. The van der Waals surface area contributed by atoms with Crippen molar-refractivity contribution in [1.29, 1.82) is 0 Å². The Hall–Kier alpha value is -2.01. The Morgan fingerprint density at radius 2 is 1.44 bits per heavy atom. The van der Waals surface area contributed by atoms with Crippen molar-refractivity contribution in [3.8, 4) is 11.5 Å². The second-order valence-corrected chi connectivity index (χ2v) is 5.07. The molecule has 2 aromatic carbocycles. The van der Waals surface area contributed by atoms with Crippen LogP contribution in [0.15, 0.2) is 59.5 Å². The van der Waals surface area contributed by atoms with Crippen molar-refractivity contribution in [3.05, 3.63) is 54.6 Å². The van der Waals surface area contributed by atoms with E-state index in [9.17, 15) is 8.42 Å². The Bertz CT molecular complexity index is 603. The maximum absolute atomic E-state index is 11.9. The molecule has 0 heterocycles. The average Bonchev–Trinajstić information content (AvgIpc) is 2.39. The third kappa shape index (κ3) is 2.81. The Morgan fingerprint density at radius 1 is 0.833 bits per heavy atom. The van der Waals surface area contributed by atoms with Gasteiger partial charge in [-0.05, 0) is 36.4 Å². The molecule has 0 aliphatic heterocycles. The van der Waals surface area contributed by atoms with Gasteiger partial charge in [0.15, 0.2) is 0 Å². The standard InChI is InChI=1S/C13H12O4S/c1-16-11-7-9-13(10-8-11)18(14,15)17-12-5-3-2-4-6-12/h2-10H,1H3. The lowest BCUT2D eigenvalue weighted by Gasteiger charge is -2.07. The van der Waals surface area contributed by atoms with Crippen molar-refractivity contribution in [2.45, 2.75) is 4.90 Å². The molecule has 0 aliphatic carbocycles. The predicted octanol–water partition coefficient (Wildman–Crippen LogP) is 2.46. The summed E-state index contributed by atoms with van der Waals surface area (Å²) in [6.07, 6.45) is 0. The maximum Gasteiger partial charge on any atom is 0.339 e. The van der Waals surface area contributed by atoms with Crippen molar-refractivity contribution >= 4 is 10.1 Å². The smallest absolute Gasteiger partial charge is 0.339 e. The molecule has 18 heavy (non-hydrogen) atoms. The van der Waals surface area contributed by atoms with Crippen LogP contribution in [0.25, 0.3) is 0 Å². The van der Waals surface area contributed by atoms with Crippen LogP contribution in [-0.4, -0.2) is 15.5 Å². The van der Waals surface area contributed by atoms with Crippen LogP contribution in [-0.2, 0) is 10.1 Å². The number of rotatable bonds is 4. The highest BCUT2D eigenvalue weighted by atomic mass is 32.2. The number of hydrogen-bond acceptors (Lipinski definition) is 4. The highest BCUT2D eigenvalue weighted by Crippen LogP contribution is 2.20. The molecule has 0 saturated carbocycles. The molecule has 0 N–H and O–H groups in total. The lowest BCUT2D eigenvalue weighted by atomic mass is 10.3. The minimum atomic E-state index is -3.79. The Labute approximate surface area is 106 Å². The monoisotopic (exact) mass is 264 g/mol. The summed E-state index contributed by atoms with van der Waals surface area (Å²) in [6, 6.07) is 14.4. The topological polar surface area (TPSA) is 52.6 Å². The Kier molecular flexibility index (Phi) is 3.53. The number of benzene rings is 2. The molecule has 2 rings (SSSR count). The summed E-state index contributed by atoms with van der Waals surface area (Å²) in [7, 11) is -2.28. The third-order valence-electron chi connectivity index (χ3n) is 2.30. The first kappa shape index (κ1) is 12.4. The van der Waals surface area contributed by atoms with E-state index >= 15 is 0 Å². The van der Waals surface area contributed by atoms with Gasteiger partial charge in [0.25, 0.3) is 0 Å². The largest absolute Gasteiger partial charge is 0.497 e. The summed E-state index contributed by atoms with van der Waals surface area (Å²) in [5, 5.41) is 0. The molecule has 0 atom stereocenters. The lowest BCUT2D eigenvalue weighted by molar-refractivity contribution is 0.414. The van der Waals surface area contributed by atoms with E-state index in [2.05, 4.69) is 0 Å². The second kappa shape index (κ2) is 5.10. The van der Waals surface area contributed by atoms with Crippen LogP contribution in [0, 0.1) is 0 Å². The molecule has 0 unspecified atom stereocenters. The van der Waals surface area contributed by atoms with Crippen LogP contribution >= 0.6 is 0 Å². The van der Waals surface area contributed by atoms with Crippen LogP contribution in [0.2, 0.25) is 0 Å². The van der Waals surface area contributed by atoms with Gasteiger partial charge in [-0.2, -0.15) is 8.42 Å². The highest BCUT2D eigenvalue weighted by molar-refractivity contribution is 7.87. The fourth-order valence-corrected chi connectivity index (χ4v) is 2.32. The Balaban J connectivity index is 2.25. The van der Waals surface area contributed by atoms with Gasteiger partial charge in [-0.15, -0.1) is 0 Å². The lowest BCUT2D eigenvalue weighted by Crippen LogP contribution is -2.09. The molecule has 0 aromatic heterocycles. The number of methoxy groups -OCH3 is 1. The van der Waals surface area contributed by atoms with Gasteiger partial charge >= 0.3 is 10.1 Å². The van der Waals surface area contributed by atoms with Crippen molar-refractivity contribution in [2.24, 2.45) is 0 Å². The molecule has 0 fully saturated rings. The SMILES string of the molecule is COc1ccc(S(=O)(=O)Oc2ccccc2)cc1. The van der Waals surface area contributed by atoms with Crippen LogP contribution in [0.1, 0.15) is 0 Å². The first-order valence-corrected chi connectivity index (χ1v) is 6.66. The maximum atomic E-state index is 11.9. The average molecular weight is 264 g/mol. The van der Waals surface area contributed by atoms with E-state index in [0.29, 0.717) is 5.75 Å². The fourth-order valence-electron chi connectivity index (χ4n) is 1.39. The first-order chi connectivity index (χ1) is 8.62. The van der Waals surface area contributed by atoms with E-state index in [-0.39, 0.29) is 10.6 Å². The summed E-state index contributed by atoms with van der Waals surface area (Å²) in [5.74, 6) is 0.877. The molecule has 0 saturated heterocycles. The zero-order valence-corrected chi connectivity index (χ0v) is 10.6. The molecule has 4 nitrogen and oxygen atoms in total. The first-order valence-electron chi connectivity index (χ1n) is 5.25. The quantitative estimate of drug-likeness (QED) is 0.796. The summed E-state index contributed by atoms with van der Waals surface area (Å²) in [5.41, 5.74) is 0. The van der Waals surface area contributed by atoms with Crippen molar-refractivity contribution in [3.63, 3.8) is 0 Å². The molecule has 0 bridgehead atoms. The zero-order valence-electron chi connectivity index (χ0n) is 9.74. The van der Waals surface area contributed by atoms with Gasteiger partial charge < -0.3 is 8.92 Å². The minimum Gasteiger partial charge on any atom is -0.497 e. The van der Waals surface area contributed by atoms with Crippen molar-refractivity contribution in [2.75, 3.05) is 7.11 Å². The molecule has 0 aliphatic rings. The van der Waals surface area contributed by atoms with Crippen molar-refractivity contribution in [1.82, 2.24) is 0 Å². The molecular formula is C13H12O4S. The summed E-state index contributed by atoms with van der Waals surface area (Å²) >= 11 is 0. The van der Waals surface area contributed by atoms with Crippen molar-refractivity contribution < 1.29 is 17.3 Å². The summed E-state index contributed by atoms with van der Waals surface area (Å²) in [6.45, 7) is 0. The molecule has 5 heteroatoms. The van der Waals surface area contributed by atoms with E-state index in [1.165, 1.54) is 19.2 Å². The van der Waals surface area contributed by atoms with Gasteiger partial charge in [0.2, 0.25) is 0 Å². The normalized spacial score (nSPS) is 10.9. The van der Waals surface area contributed by atoms with Gasteiger partial charge in [0.1, 0.15) is 16.4 Å². The molecule has 2 aromatic rings. The molecule has 94 valence electrons. The molecule has 0 amide bonds. The van der Waals surface area contributed by atoms with E-state index in [4.69, 9.17) is 8.92 Å². The summed E-state index contributed by atoms with van der Waals surface area (Å²) in [4.78, 5) is 0.0900. The van der Waals surface area contributed by atoms with E-state index in [1.807, 2.05) is 0 Å². The van der Waals surface area contributed by atoms with Crippen LogP contribution < -0.4 is 8.92 Å². The Morgan fingerprint density at radius 3 is 2.00 bits per heavy atom. The number of hydrogen-bond donors (Lipinski definition) is 0. The van der Waals surface area contributed by atoms with Crippen LogP contribution in [0.5, 0.6) is 11.5 Å². The zero-order chi connectivity index (χ0) is 13.0. The molecular weight excluding hydrogens is 252 g/mol. The van der Waals surface area contributed by atoms with Gasteiger partial charge in [0, 0.05) is 0 Å². The van der Waals surface area contributed by atoms with Crippen LogP contribution in [0.4, 0.5) is 0 Å². The molecule has 0 radical (unpaired) electrons. The van der Waals surface area contributed by atoms with Gasteiger partial charge in [-0.25, -0.2) is 0 Å². The summed E-state index contributed by atoms with van der Waals surface area (Å²) < 4.78 is 33.8. The van der Waals surface area contributed by atoms with Gasteiger partial charge in [0.05, 0.1) is 7.11 Å². The van der Waals surface area contributed by atoms with Crippen LogP contribution in [0.3, 0.4) is 0 Å². The fraction of sp³-hybridized carbons (Fsp3) is 0.0769. The number of ether oxygens (including phenoxy) is 1. The minimum absolute atomic E-state index is 0.0900. The number of para-hydroxylation sites is 1. The van der Waals surface area contributed by atoms with E-state index in [0.717, 1.165) is 0 Å². The molecule has 0 spiro atoms. The second-order valence-electron chi connectivity index (χ2n) is 3.53. The third-order valence-corrected chi connectivity index (χ3v) is 3.56. The van der Waals surface area contributed by atoms with E-state index < -0.39 is 10.1 Å². The van der Waals surface area contributed by atoms with Gasteiger partial charge in [-0.3, -0.25) is 0 Å².